The Bertz CT molecular complexity index is 917. The SMILES string of the molecule is C=CCOC(=O)N1C[C@H](O[Si](C)(C)C(C)(C)C)C[C@H]1C(O)c1sc2cncn2c1C. The first-order valence-electron chi connectivity index (χ1n) is 10.3. The number of likely N-dealkylation sites (tertiary alicyclic amines) is 1. The maximum absolute atomic E-state index is 12.8. The molecule has 0 aromatic carbocycles. The minimum absolute atomic E-state index is 0.0643. The van der Waals surface area contributed by atoms with E-state index in [2.05, 4.69) is 45.4 Å². The van der Waals surface area contributed by atoms with Crippen LogP contribution in [0, 0.1) is 6.92 Å². The molecule has 0 bridgehead atoms. The van der Waals surface area contributed by atoms with Crippen LogP contribution < -0.4 is 0 Å². The van der Waals surface area contributed by atoms with Gasteiger partial charge in [-0.05, 0) is 31.5 Å². The number of thiazole rings is 1. The molecule has 1 fully saturated rings. The molecule has 0 spiro atoms. The summed E-state index contributed by atoms with van der Waals surface area (Å²) < 4.78 is 13.9. The number of aliphatic hydroxyl groups is 1. The highest BCUT2D eigenvalue weighted by Gasteiger charge is 2.46. The van der Waals surface area contributed by atoms with Gasteiger partial charge in [0.05, 0.1) is 23.2 Å². The van der Waals surface area contributed by atoms with Crippen molar-refractivity contribution < 1.29 is 19.1 Å². The van der Waals surface area contributed by atoms with Crippen LogP contribution in [0.15, 0.2) is 25.2 Å². The number of carbonyl (C=O) groups is 1. The Morgan fingerprint density at radius 1 is 1.50 bits per heavy atom. The summed E-state index contributed by atoms with van der Waals surface area (Å²) in [7, 11) is -2.02. The van der Waals surface area contributed by atoms with Gasteiger partial charge in [-0.2, -0.15) is 0 Å². The van der Waals surface area contributed by atoms with Gasteiger partial charge in [0.25, 0.3) is 0 Å². The molecule has 0 radical (unpaired) electrons. The number of aliphatic hydroxyl groups excluding tert-OH is 1. The average Bonchev–Trinajstić information content (AvgIpc) is 3.34. The lowest BCUT2D eigenvalue weighted by Crippen LogP contribution is -2.45. The Morgan fingerprint density at radius 2 is 2.20 bits per heavy atom. The van der Waals surface area contributed by atoms with E-state index in [0.29, 0.717) is 13.0 Å². The van der Waals surface area contributed by atoms with E-state index in [0.717, 1.165) is 15.4 Å². The Kier molecular flexibility index (Phi) is 6.48. The number of fused-ring (bicyclic) bond motifs is 1. The number of nitrogens with zero attached hydrogens (tertiary/aromatic N) is 3. The predicted octanol–water partition coefficient (Wildman–Crippen LogP) is 4.52. The van der Waals surface area contributed by atoms with Gasteiger partial charge in [0.1, 0.15) is 23.9 Å². The second-order valence-corrected chi connectivity index (χ2v) is 15.2. The van der Waals surface area contributed by atoms with Gasteiger partial charge in [-0.3, -0.25) is 9.30 Å². The van der Waals surface area contributed by atoms with Crippen molar-refractivity contribution in [1.29, 1.82) is 0 Å². The lowest BCUT2D eigenvalue weighted by atomic mass is 10.1. The topological polar surface area (TPSA) is 76.3 Å². The molecule has 3 rings (SSSR count). The van der Waals surface area contributed by atoms with Gasteiger partial charge < -0.3 is 14.3 Å². The first kappa shape index (κ1) is 23.0. The van der Waals surface area contributed by atoms with Crippen LogP contribution in [0.25, 0.3) is 4.83 Å². The van der Waals surface area contributed by atoms with E-state index >= 15 is 0 Å². The third kappa shape index (κ3) is 4.34. The van der Waals surface area contributed by atoms with Crippen molar-refractivity contribution in [3.63, 3.8) is 0 Å². The summed E-state index contributed by atoms with van der Waals surface area (Å²) in [5.74, 6) is 0. The monoisotopic (exact) mass is 451 g/mol. The molecule has 2 aromatic heterocycles. The second kappa shape index (κ2) is 8.45. The molecular formula is C21H33N3O4SSi. The number of carbonyl (C=O) groups excluding carboxylic acids is 1. The number of hydrogen-bond donors (Lipinski definition) is 1. The lowest BCUT2D eigenvalue weighted by Gasteiger charge is -2.38. The number of rotatable bonds is 6. The van der Waals surface area contributed by atoms with Gasteiger partial charge in [0, 0.05) is 12.2 Å². The molecule has 7 nitrogen and oxygen atoms in total. The molecule has 0 saturated carbocycles. The Hall–Kier alpha value is -1.68. The fourth-order valence-electron chi connectivity index (χ4n) is 3.59. The zero-order valence-corrected chi connectivity index (χ0v) is 20.5. The molecule has 30 heavy (non-hydrogen) atoms. The Balaban J connectivity index is 1.86. The molecule has 1 saturated heterocycles. The maximum Gasteiger partial charge on any atom is 0.410 e. The molecule has 2 aromatic rings. The minimum Gasteiger partial charge on any atom is -0.445 e. The minimum atomic E-state index is -2.02. The molecule has 9 heteroatoms. The van der Waals surface area contributed by atoms with Crippen molar-refractivity contribution in [3.05, 3.63) is 35.8 Å². The van der Waals surface area contributed by atoms with Crippen LogP contribution in [0.4, 0.5) is 4.79 Å². The van der Waals surface area contributed by atoms with Crippen LogP contribution in [0.1, 0.15) is 43.9 Å². The molecule has 1 aliphatic heterocycles. The van der Waals surface area contributed by atoms with Crippen LogP contribution in [0.3, 0.4) is 0 Å². The fraction of sp³-hybridized carbons (Fsp3) is 0.619. The summed E-state index contributed by atoms with van der Waals surface area (Å²) in [6.07, 6.45) is 4.24. The molecular weight excluding hydrogens is 418 g/mol. The molecule has 1 unspecified atom stereocenters. The lowest BCUT2D eigenvalue weighted by molar-refractivity contribution is 0.0562. The van der Waals surface area contributed by atoms with Crippen molar-refractivity contribution >= 4 is 30.6 Å². The van der Waals surface area contributed by atoms with Crippen molar-refractivity contribution in [2.24, 2.45) is 0 Å². The summed E-state index contributed by atoms with van der Waals surface area (Å²) in [5, 5.41) is 11.4. The van der Waals surface area contributed by atoms with Gasteiger partial charge in [-0.1, -0.05) is 33.4 Å². The van der Waals surface area contributed by atoms with Crippen LogP contribution in [-0.2, 0) is 9.16 Å². The second-order valence-electron chi connectivity index (χ2n) is 9.42. The zero-order chi connectivity index (χ0) is 22.3. The van der Waals surface area contributed by atoms with E-state index in [-0.39, 0.29) is 17.7 Å². The van der Waals surface area contributed by atoms with E-state index in [1.54, 1.807) is 23.5 Å². The highest BCUT2D eigenvalue weighted by atomic mass is 32.1. The third-order valence-electron chi connectivity index (χ3n) is 6.30. The summed E-state index contributed by atoms with van der Waals surface area (Å²) in [6.45, 7) is 17.1. The van der Waals surface area contributed by atoms with Gasteiger partial charge in [0.2, 0.25) is 0 Å². The van der Waals surface area contributed by atoms with E-state index in [1.807, 2.05) is 11.3 Å². The molecule has 1 aliphatic rings. The van der Waals surface area contributed by atoms with Gasteiger partial charge >= 0.3 is 6.09 Å². The quantitative estimate of drug-likeness (QED) is 0.516. The summed E-state index contributed by atoms with van der Waals surface area (Å²) in [6, 6.07) is -0.410. The first-order valence-corrected chi connectivity index (χ1v) is 14.0. The number of aryl methyl sites for hydroxylation is 1. The van der Waals surface area contributed by atoms with Gasteiger partial charge in [0.15, 0.2) is 8.32 Å². The number of hydrogen-bond acceptors (Lipinski definition) is 6. The molecule has 3 atom stereocenters. The van der Waals surface area contributed by atoms with Crippen LogP contribution in [-0.4, -0.2) is 59.1 Å². The Labute approximate surface area is 183 Å². The van der Waals surface area contributed by atoms with Crippen LogP contribution in [0.2, 0.25) is 18.1 Å². The molecule has 1 N–H and O–H groups in total. The highest BCUT2D eigenvalue weighted by Crippen LogP contribution is 2.41. The van der Waals surface area contributed by atoms with Crippen LogP contribution >= 0.6 is 11.3 Å². The molecule has 0 aliphatic carbocycles. The van der Waals surface area contributed by atoms with E-state index in [9.17, 15) is 9.90 Å². The fourth-order valence-corrected chi connectivity index (χ4v) is 6.09. The van der Waals surface area contributed by atoms with E-state index in [4.69, 9.17) is 9.16 Å². The molecule has 1 amide bonds. The van der Waals surface area contributed by atoms with Crippen molar-refractivity contribution in [3.8, 4) is 0 Å². The van der Waals surface area contributed by atoms with Crippen LogP contribution in [0.5, 0.6) is 0 Å². The Morgan fingerprint density at radius 3 is 2.80 bits per heavy atom. The predicted molar refractivity (Wildman–Crippen MR) is 121 cm³/mol. The van der Waals surface area contributed by atoms with E-state index < -0.39 is 26.6 Å². The largest absolute Gasteiger partial charge is 0.445 e. The maximum atomic E-state index is 12.8. The van der Waals surface area contributed by atoms with Crippen molar-refractivity contribution in [1.82, 2.24) is 14.3 Å². The highest BCUT2D eigenvalue weighted by molar-refractivity contribution is 7.17. The zero-order valence-electron chi connectivity index (χ0n) is 18.7. The molecule has 166 valence electrons. The third-order valence-corrected chi connectivity index (χ3v) is 12.1. The normalized spacial score (nSPS) is 21.2. The first-order chi connectivity index (χ1) is 14.0. The van der Waals surface area contributed by atoms with Crippen molar-refractivity contribution in [2.75, 3.05) is 13.2 Å². The smallest absolute Gasteiger partial charge is 0.410 e. The van der Waals surface area contributed by atoms with E-state index in [1.165, 1.54) is 11.3 Å². The summed E-state index contributed by atoms with van der Waals surface area (Å²) >= 11 is 1.50. The van der Waals surface area contributed by atoms with Gasteiger partial charge in [-0.15, -0.1) is 11.3 Å². The standard InChI is InChI=1S/C21H33N3O4SSi/c1-8-9-27-20(26)23-12-15(28-30(6,7)21(3,4)5)10-16(23)18(25)19-14(2)24-13-22-11-17(24)29-19/h8,11,13,15-16,18,25H,1,9-10,12H2,2-7H3/t15-,16+,18?/m1/s1. The summed E-state index contributed by atoms with van der Waals surface area (Å²) in [4.78, 5) is 20.3. The van der Waals surface area contributed by atoms with Gasteiger partial charge in [-0.25, -0.2) is 9.78 Å². The van der Waals surface area contributed by atoms with Crippen molar-refractivity contribution in [2.45, 2.75) is 70.5 Å². The number of aromatic nitrogens is 2. The number of imidazole rings is 1. The molecule has 3 heterocycles. The number of ether oxygens (including phenoxy) is 1. The average molecular weight is 452 g/mol. The summed E-state index contributed by atoms with van der Waals surface area (Å²) in [5.41, 5.74) is 0.938. The number of amides is 1.